The number of hydrogen-bond donors (Lipinski definition) is 1. The Morgan fingerprint density at radius 1 is 1.24 bits per heavy atom. The van der Waals surface area contributed by atoms with Crippen LogP contribution in [0.2, 0.25) is 0 Å². The fourth-order valence-electron chi connectivity index (χ4n) is 3.72. The quantitative estimate of drug-likeness (QED) is 0.842. The first-order valence-electron chi connectivity index (χ1n) is 9.29. The van der Waals surface area contributed by atoms with Crippen molar-refractivity contribution in [2.45, 2.75) is 44.6 Å². The van der Waals surface area contributed by atoms with Crippen molar-refractivity contribution >= 4 is 5.91 Å². The number of piperidine rings is 1. The predicted molar refractivity (Wildman–Crippen MR) is 93.7 cm³/mol. The summed E-state index contributed by atoms with van der Waals surface area (Å²) in [6.07, 6.45) is 8.66. The van der Waals surface area contributed by atoms with Crippen LogP contribution in [0.15, 0.2) is 12.4 Å². The van der Waals surface area contributed by atoms with Crippen LogP contribution in [0.4, 0.5) is 0 Å². The van der Waals surface area contributed by atoms with Crippen LogP contribution in [0, 0.1) is 0 Å². The summed E-state index contributed by atoms with van der Waals surface area (Å²) in [6.45, 7) is 6.78. The van der Waals surface area contributed by atoms with Crippen molar-refractivity contribution in [3.63, 3.8) is 0 Å². The summed E-state index contributed by atoms with van der Waals surface area (Å²) in [7, 11) is 0. The fraction of sp³-hybridized carbons (Fsp3) is 0.722. The van der Waals surface area contributed by atoms with Gasteiger partial charge in [-0.25, -0.2) is 9.97 Å². The van der Waals surface area contributed by atoms with Crippen LogP contribution in [0.3, 0.4) is 0 Å². The van der Waals surface area contributed by atoms with E-state index in [9.17, 15) is 4.79 Å². The smallest absolute Gasteiger partial charge is 0.271 e. The van der Waals surface area contributed by atoms with Gasteiger partial charge in [0.2, 0.25) is 5.88 Å². The van der Waals surface area contributed by atoms with Crippen LogP contribution in [0.5, 0.6) is 5.88 Å². The van der Waals surface area contributed by atoms with Gasteiger partial charge in [0.15, 0.2) is 0 Å². The van der Waals surface area contributed by atoms with E-state index < -0.39 is 0 Å². The van der Waals surface area contributed by atoms with E-state index in [-0.39, 0.29) is 11.4 Å². The summed E-state index contributed by atoms with van der Waals surface area (Å²) in [5.74, 6) is 0.256. The molecule has 0 radical (unpaired) electrons. The second-order valence-electron chi connectivity index (χ2n) is 6.74. The standard InChI is InChI=1S/C18H28N4O3/c1-2-25-16-13-19-15(12-20-16)17(23)21-14-18(6-10-24-11-7-18)22-8-4-3-5-9-22/h12-13H,2-11,14H2,1H3,(H,21,23). The van der Waals surface area contributed by atoms with Gasteiger partial charge in [-0.15, -0.1) is 0 Å². The molecule has 0 bridgehead atoms. The Labute approximate surface area is 149 Å². The molecule has 0 saturated carbocycles. The lowest BCUT2D eigenvalue weighted by molar-refractivity contribution is -0.0349. The minimum Gasteiger partial charge on any atom is -0.477 e. The average Bonchev–Trinajstić information content (AvgIpc) is 2.68. The number of carbonyl (C=O) groups excluding carboxylic acids is 1. The molecule has 1 aromatic rings. The van der Waals surface area contributed by atoms with Crippen LogP contribution in [0.25, 0.3) is 0 Å². The molecule has 25 heavy (non-hydrogen) atoms. The van der Waals surface area contributed by atoms with E-state index in [0.717, 1.165) is 39.1 Å². The Morgan fingerprint density at radius 3 is 2.64 bits per heavy atom. The number of nitrogens with zero attached hydrogens (tertiary/aromatic N) is 3. The number of rotatable bonds is 6. The minimum absolute atomic E-state index is 0.00697. The number of aromatic nitrogens is 2. The van der Waals surface area contributed by atoms with Gasteiger partial charge in [0.05, 0.1) is 19.0 Å². The van der Waals surface area contributed by atoms with Gasteiger partial charge in [-0.2, -0.15) is 0 Å². The molecule has 0 unspecified atom stereocenters. The third-order valence-corrected chi connectivity index (χ3v) is 5.18. The summed E-state index contributed by atoms with van der Waals surface area (Å²) in [5.41, 5.74) is 0.330. The van der Waals surface area contributed by atoms with E-state index in [1.807, 2.05) is 6.92 Å². The first kappa shape index (κ1) is 18.1. The summed E-state index contributed by atoms with van der Waals surface area (Å²) >= 11 is 0. The molecular weight excluding hydrogens is 320 g/mol. The third-order valence-electron chi connectivity index (χ3n) is 5.18. The van der Waals surface area contributed by atoms with Crippen LogP contribution >= 0.6 is 0 Å². The summed E-state index contributed by atoms with van der Waals surface area (Å²) in [6, 6.07) is 0. The highest BCUT2D eigenvalue weighted by Gasteiger charge is 2.39. The lowest BCUT2D eigenvalue weighted by Crippen LogP contribution is -2.59. The lowest BCUT2D eigenvalue weighted by Gasteiger charge is -2.48. The molecule has 7 heteroatoms. The molecule has 0 aliphatic carbocycles. The lowest BCUT2D eigenvalue weighted by atomic mass is 9.86. The molecule has 1 aromatic heterocycles. The Hall–Kier alpha value is -1.73. The first-order chi connectivity index (χ1) is 12.2. The third kappa shape index (κ3) is 4.46. The van der Waals surface area contributed by atoms with Crippen molar-refractivity contribution in [2.75, 3.05) is 39.5 Å². The molecule has 7 nitrogen and oxygen atoms in total. The second kappa shape index (κ2) is 8.58. The van der Waals surface area contributed by atoms with Crippen molar-refractivity contribution in [3.05, 3.63) is 18.1 Å². The molecule has 2 saturated heterocycles. The Kier molecular flexibility index (Phi) is 6.20. The topological polar surface area (TPSA) is 76.6 Å². The van der Waals surface area contributed by atoms with E-state index in [1.165, 1.54) is 31.7 Å². The van der Waals surface area contributed by atoms with Crippen LogP contribution in [-0.2, 0) is 4.74 Å². The van der Waals surface area contributed by atoms with Gasteiger partial charge < -0.3 is 14.8 Å². The summed E-state index contributed by atoms with van der Waals surface area (Å²) in [4.78, 5) is 23.3. The molecule has 0 atom stereocenters. The van der Waals surface area contributed by atoms with E-state index >= 15 is 0 Å². The van der Waals surface area contributed by atoms with E-state index in [2.05, 4.69) is 20.2 Å². The Bertz CT molecular complexity index is 552. The van der Waals surface area contributed by atoms with Gasteiger partial charge in [-0.1, -0.05) is 6.42 Å². The fourth-order valence-corrected chi connectivity index (χ4v) is 3.72. The zero-order valence-electron chi connectivity index (χ0n) is 15.0. The molecule has 2 aliphatic heterocycles. The van der Waals surface area contributed by atoms with Crippen LogP contribution in [0.1, 0.15) is 49.5 Å². The number of nitrogens with one attached hydrogen (secondary N) is 1. The van der Waals surface area contributed by atoms with Crippen LogP contribution in [-0.4, -0.2) is 65.8 Å². The van der Waals surface area contributed by atoms with Crippen molar-refractivity contribution in [2.24, 2.45) is 0 Å². The van der Waals surface area contributed by atoms with Crippen molar-refractivity contribution in [1.82, 2.24) is 20.2 Å². The maximum absolute atomic E-state index is 12.5. The number of carbonyl (C=O) groups is 1. The van der Waals surface area contributed by atoms with E-state index in [0.29, 0.717) is 24.7 Å². The van der Waals surface area contributed by atoms with Crippen molar-refractivity contribution < 1.29 is 14.3 Å². The van der Waals surface area contributed by atoms with Gasteiger partial charge in [-0.05, 0) is 45.7 Å². The van der Waals surface area contributed by atoms with Crippen molar-refractivity contribution in [3.8, 4) is 5.88 Å². The highest BCUT2D eigenvalue weighted by molar-refractivity contribution is 5.91. The highest BCUT2D eigenvalue weighted by atomic mass is 16.5. The zero-order valence-corrected chi connectivity index (χ0v) is 15.0. The Morgan fingerprint density at radius 2 is 2.00 bits per heavy atom. The van der Waals surface area contributed by atoms with E-state index in [1.54, 1.807) is 0 Å². The normalized spacial score (nSPS) is 20.8. The maximum Gasteiger partial charge on any atom is 0.271 e. The number of ether oxygens (including phenoxy) is 2. The summed E-state index contributed by atoms with van der Waals surface area (Å²) in [5, 5.41) is 3.08. The summed E-state index contributed by atoms with van der Waals surface area (Å²) < 4.78 is 10.8. The number of likely N-dealkylation sites (tertiary alicyclic amines) is 1. The average molecular weight is 348 g/mol. The second-order valence-corrected chi connectivity index (χ2v) is 6.74. The van der Waals surface area contributed by atoms with Gasteiger partial charge in [0.1, 0.15) is 5.69 Å². The largest absolute Gasteiger partial charge is 0.477 e. The van der Waals surface area contributed by atoms with Gasteiger partial charge >= 0.3 is 0 Å². The first-order valence-corrected chi connectivity index (χ1v) is 9.29. The molecule has 0 aromatic carbocycles. The molecule has 3 heterocycles. The SMILES string of the molecule is CCOc1cnc(C(=O)NCC2(N3CCCCC3)CCOCC2)cn1. The molecule has 3 rings (SSSR count). The van der Waals surface area contributed by atoms with Crippen LogP contribution < -0.4 is 10.1 Å². The maximum atomic E-state index is 12.5. The Balaban J connectivity index is 1.62. The molecule has 138 valence electrons. The molecular formula is C18H28N4O3. The minimum atomic E-state index is -0.182. The predicted octanol–water partition coefficient (Wildman–Crippen LogP) is 1.64. The van der Waals surface area contributed by atoms with E-state index in [4.69, 9.17) is 9.47 Å². The van der Waals surface area contributed by atoms with Gasteiger partial charge in [-0.3, -0.25) is 9.69 Å². The van der Waals surface area contributed by atoms with Crippen molar-refractivity contribution in [1.29, 1.82) is 0 Å². The molecule has 1 N–H and O–H groups in total. The monoisotopic (exact) mass is 348 g/mol. The van der Waals surface area contributed by atoms with Gasteiger partial charge in [0, 0.05) is 25.3 Å². The van der Waals surface area contributed by atoms with Gasteiger partial charge in [0.25, 0.3) is 5.91 Å². The molecule has 0 spiro atoms. The molecule has 1 amide bonds. The highest BCUT2D eigenvalue weighted by Crippen LogP contribution is 2.30. The zero-order chi connectivity index (χ0) is 17.5. The molecule has 2 fully saturated rings. The molecule has 2 aliphatic rings. The number of hydrogen-bond acceptors (Lipinski definition) is 6. The number of amides is 1.